The molecule has 2 N–H and O–H groups in total. The summed E-state index contributed by atoms with van der Waals surface area (Å²) in [6, 6.07) is 1.80. The van der Waals surface area contributed by atoms with Gasteiger partial charge >= 0.3 is 0 Å². The van der Waals surface area contributed by atoms with Crippen LogP contribution in [0.3, 0.4) is 0 Å². The van der Waals surface area contributed by atoms with Crippen molar-refractivity contribution < 1.29 is 22.8 Å². The molecule has 4 rings (SSSR count). The van der Waals surface area contributed by atoms with Gasteiger partial charge in [0, 0.05) is 31.7 Å². The molecule has 3 unspecified atom stereocenters. The van der Waals surface area contributed by atoms with Crippen LogP contribution in [0.15, 0.2) is 12.1 Å². The molecule has 1 saturated carbocycles. The summed E-state index contributed by atoms with van der Waals surface area (Å²) in [7, 11) is 0. The first-order chi connectivity index (χ1) is 13.4. The number of carbonyl (C=O) groups is 2. The molecule has 1 aliphatic carbocycles. The SMILES string of the molecule is NC(=O)c1cc(F)cc2c1C(=O)N(C1CCN(C3CCCC(F)C3F)CC1)C2. The second-order valence-electron chi connectivity index (χ2n) is 8.01. The molecule has 2 heterocycles. The van der Waals surface area contributed by atoms with E-state index in [9.17, 15) is 22.8 Å². The van der Waals surface area contributed by atoms with Gasteiger partial charge in [0.25, 0.3) is 5.91 Å². The lowest BCUT2D eigenvalue weighted by molar-refractivity contribution is -0.000633. The quantitative estimate of drug-likeness (QED) is 0.856. The minimum Gasteiger partial charge on any atom is -0.366 e. The number of nitrogens with two attached hydrogens (primary N) is 1. The molecule has 1 aromatic rings. The highest BCUT2D eigenvalue weighted by molar-refractivity contribution is 6.09. The fraction of sp³-hybridized carbons (Fsp3) is 0.600. The lowest BCUT2D eigenvalue weighted by Gasteiger charge is -2.43. The third-order valence-electron chi connectivity index (χ3n) is 6.37. The van der Waals surface area contributed by atoms with Gasteiger partial charge in [-0.15, -0.1) is 0 Å². The fourth-order valence-corrected chi connectivity index (χ4v) is 4.92. The number of rotatable bonds is 3. The van der Waals surface area contributed by atoms with E-state index in [1.54, 1.807) is 4.90 Å². The number of carbonyl (C=O) groups excluding carboxylic acids is 2. The Balaban J connectivity index is 1.45. The number of benzene rings is 1. The first kappa shape index (κ1) is 19.2. The predicted molar refractivity (Wildman–Crippen MR) is 96.8 cm³/mol. The van der Waals surface area contributed by atoms with Gasteiger partial charge in [0.15, 0.2) is 0 Å². The Bertz CT molecular complexity index is 795. The summed E-state index contributed by atoms with van der Waals surface area (Å²) in [5.41, 5.74) is 5.89. The molecule has 0 radical (unpaired) electrons. The average Bonchev–Trinajstić information content (AvgIpc) is 2.99. The summed E-state index contributed by atoms with van der Waals surface area (Å²) < 4.78 is 41.8. The maximum Gasteiger partial charge on any atom is 0.255 e. The van der Waals surface area contributed by atoms with Gasteiger partial charge in [0.2, 0.25) is 5.91 Å². The predicted octanol–water partition coefficient (Wildman–Crippen LogP) is 2.57. The third-order valence-corrected chi connectivity index (χ3v) is 6.37. The van der Waals surface area contributed by atoms with Crippen LogP contribution in [0.5, 0.6) is 0 Å². The zero-order valence-corrected chi connectivity index (χ0v) is 15.5. The van der Waals surface area contributed by atoms with E-state index in [0.29, 0.717) is 44.3 Å². The van der Waals surface area contributed by atoms with Crippen LogP contribution in [0.4, 0.5) is 13.2 Å². The highest BCUT2D eigenvalue weighted by atomic mass is 19.2. The van der Waals surface area contributed by atoms with E-state index in [0.717, 1.165) is 6.07 Å². The van der Waals surface area contributed by atoms with Gasteiger partial charge < -0.3 is 10.6 Å². The summed E-state index contributed by atoms with van der Waals surface area (Å²) in [6.07, 6.45) is 0.0443. The smallest absolute Gasteiger partial charge is 0.255 e. The van der Waals surface area contributed by atoms with Crippen LogP contribution >= 0.6 is 0 Å². The number of halogens is 3. The molecular weight excluding hydrogens is 371 g/mol. The Kier molecular flexibility index (Phi) is 5.07. The normalized spacial score (nSPS) is 29.2. The Hall–Kier alpha value is -2.09. The molecule has 2 amide bonds. The van der Waals surface area contributed by atoms with Gasteiger partial charge in [0.1, 0.15) is 18.2 Å². The molecule has 0 aromatic heterocycles. The average molecular weight is 395 g/mol. The number of hydrogen-bond acceptors (Lipinski definition) is 3. The maximum absolute atomic E-state index is 14.3. The van der Waals surface area contributed by atoms with E-state index in [-0.39, 0.29) is 36.0 Å². The zero-order valence-electron chi connectivity index (χ0n) is 15.5. The largest absolute Gasteiger partial charge is 0.366 e. The van der Waals surface area contributed by atoms with Crippen LogP contribution < -0.4 is 5.73 Å². The van der Waals surface area contributed by atoms with E-state index in [1.807, 2.05) is 4.90 Å². The van der Waals surface area contributed by atoms with Crippen molar-refractivity contribution in [2.24, 2.45) is 5.73 Å². The number of amides is 2. The van der Waals surface area contributed by atoms with Crippen molar-refractivity contribution >= 4 is 11.8 Å². The summed E-state index contributed by atoms with van der Waals surface area (Å²) in [5, 5.41) is 0. The van der Waals surface area contributed by atoms with Crippen molar-refractivity contribution in [3.8, 4) is 0 Å². The topological polar surface area (TPSA) is 66.6 Å². The Morgan fingerprint density at radius 1 is 1.11 bits per heavy atom. The van der Waals surface area contributed by atoms with Crippen molar-refractivity contribution in [2.75, 3.05) is 13.1 Å². The highest BCUT2D eigenvalue weighted by Crippen LogP contribution is 2.34. The molecule has 0 spiro atoms. The van der Waals surface area contributed by atoms with E-state index in [2.05, 4.69) is 0 Å². The Morgan fingerprint density at radius 2 is 1.82 bits per heavy atom. The van der Waals surface area contributed by atoms with E-state index in [4.69, 9.17) is 5.73 Å². The molecule has 28 heavy (non-hydrogen) atoms. The van der Waals surface area contributed by atoms with E-state index >= 15 is 0 Å². The number of piperidine rings is 1. The molecule has 3 atom stereocenters. The number of hydrogen-bond donors (Lipinski definition) is 1. The second kappa shape index (κ2) is 7.39. The lowest BCUT2D eigenvalue weighted by atomic mass is 9.89. The standard InChI is InChI=1S/C20H24F3N3O2/c21-12-8-11-10-26(20(28)17(11)14(9-12)19(24)27)13-4-6-25(7-5-13)16-3-1-2-15(22)18(16)23/h8-9,13,15-16,18H,1-7,10H2,(H2,24,27). The Morgan fingerprint density at radius 3 is 2.50 bits per heavy atom. The number of primary amides is 1. The van der Waals surface area contributed by atoms with Gasteiger partial charge in [-0.3, -0.25) is 14.5 Å². The van der Waals surface area contributed by atoms with Crippen LogP contribution in [-0.4, -0.2) is 59.1 Å². The van der Waals surface area contributed by atoms with E-state index in [1.165, 1.54) is 6.07 Å². The first-order valence-electron chi connectivity index (χ1n) is 9.82. The van der Waals surface area contributed by atoms with Crippen LogP contribution in [-0.2, 0) is 6.54 Å². The van der Waals surface area contributed by atoms with Gasteiger partial charge in [-0.1, -0.05) is 0 Å². The molecule has 3 aliphatic rings. The molecule has 1 aromatic carbocycles. The number of fused-ring (bicyclic) bond motifs is 1. The summed E-state index contributed by atoms with van der Waals surface area (Å²) in [6.45, 7) is 1.40. The molecule has 2 fully saturated rings. The third kappa shape index (κ3) is 3.27. The molecular formula is C20H24F3N3O2. The van der Waals surface area contributed by atoms with Gasteiger partial charge in [-0.05, 0) is 49.8 Å². The first-order valence-corrected chi connectivity index (χ1v) is 9.82. The summed E-state index contributed by atoms with van der Waals surface area (Å²) in [4.78, 5) is 28.2. The lowest BCUT2D eigenvalue weighted by Crippen LogP contribution is -2.53. The monoisotopic (exact) mass is 395 g/mol. The number of nitrogens with zero attached hydrogens (tertiary/aromatic N) is 2. The van der Waals surface area contributed by atoms with Gasteiger partial charge in [-0.25, -0.2) is 13.2 Å². The van der Waals surface area contributed by atoms with Crippen molar-refractivity contribution in [2.45, 2.75) is 63.1 Å². The summed E-state index contributed by atoms with van der Waals surface area (Å²) in [5.74, 6) is -1.73. The summed E-state index contributed by atoms with van der Waals surface area (Å²) >= 11 is 0. The van der Waals surface area contributed by atoms with E-state index < -0.39 is 30.1 Å². The fourth-order valence-electron chi connectivity index (χ4n) is 4.92. The van der Waals surface area contributed by atoms with Crippen LogP contribution in [0.1, 0.15) is 58.4 Å². The van der Waals surface area contributed by atoms with Crippen LogP contribution in [0, 0.1) is 5.82 Å². The molecule has 5 nitrogen and oxygen atoms in total. The van der Waals surface area contributed by atoms with Gasteiger partial charge in [0.05, 0.1) is 11.1 Å². The zero-order chi connectivity index (χ0) is 20.0. The van der Waals surface area contributed by atoms with Gasteiger partial charge in [-0.2, -0.15) is 0 Å². The van der Waals surface area contributed by atoms with Crippen molar-refractivity contribution in [3.05, 3.63) is 34.6 Å². The highest BCUT2D eigenvalue weighted by Gasteiger charge is 2.41. The molecule has 152 valence electrons. The minimum absolute atomic E-state index is 0.0808. The molecule has 0 bridgehead atoms. The van der Waals surface area contributed by atoms with Crippen molar-refractivity contribution in [1.29, 1.82) is 0 Å². The van der Waals surface area contributed by atoms with Crippen molar-refractivity contribution in [1.82, 2.24) is 9.80 Å². The second-order valence-corrected chi connectivity index (χ2v) is 8.01. The molecule has 2 aliphatic heterocycles. The Labute approximate surface area is 161 Å². The van der Waals surface area contributed by atoms with Crippen LogP contribution in [0.25, 0.3) is 0 Å². The number of alkyl halides is 2. The molecule has 1 saturated heterocycles. The van der Waals surface area contributed by atoms with Crippen molar-refractivity contribution in [3.63, 3.8) is 0 Å². The van der Waals surface area contributed by atoms with Crippen LogP contribution in [0.2, 0.25) is 0 Å². The minimum atomic E-state index is -1.45. The molecule has 8 heteroatoms. The maximum atomic E-state index is 14.3. The number of likely N-dealkylation sites (tertiary alicyclic amines) is 1.